The lowest BCUT2D eigenvalue weighted by Crippen LogP contribution is -2.51. The van der Waals surface area contributed by atoms with Crippen molar-refractivity contribution in [3.63, 3.8) is 0 Å². The van der Waals surface area contributed by atoms with Gasteiger partial charge in [0.15, 0.2) is 0 Å². The third-order valence-electron chi connectivity index (χ3n) is 1.62. The molecule has 4 N–H and O–H groups in total. The van der Waals surface area contributed by atoms with Crippen LogP contribution in [0, 0.1) is 5.82 Å². The highest BCUT2D eigenvalue weighted by Gasteiger charge is 2.26. The molecule has 0 fully saturated rings. The van der Waals surface area contributed by atoms with Crippen LogP contribution in [-0.4, -0.2) is 34.3 Å². The van der Waals surface area contributed by atoms with Gasteiger partial charge in [0.1, 0.15) is 5.82 Å². The first-order valence-electron chi connectivity index (χ1n) is 3.54. The van der Waals surface area contributed by atoms with Crippen molar-refractivity contribution in [2.24, 2.45) is 0 Å². The molecule has 0 atom stereocenters. The molecule has 1 rings (SSSR count). The summed E-state index contributed by atoms with van der Waals surface area (Å²) < 4.78 is 12.9. The highest BCUT2D eigenvalue weighted by molar-refractivity contribution is 6.71. The Morgan fingerprint density at radius 2 is 1.62 bits per heavy atom. The first-order valence-corrected chi connectivity index (χ1v) is 3.54. The highest BCUT2D eigenvalue weighted by atomic mass is 19.1. The van der Waals surface area contributed by atoms with E-state index < -0.39 is 25.5 Å². The Morgan fingerprint density at radius 1 is 1.00 bits per heavy atom. The molecular weight excluding hydrogens is 177 g/mol. The van der Waals surface area contributed by atoms with Gasteiger partial charge in [0.2, 0.25) is 0 Å². The van der Waals surface area contributed by atoms with Gasteiger partial charge in [0, 0.05) is 5.46 Å². The highest BCUT2D eigenvalue weighted by Crippen LogP contribution is 1.92. The van der Waals surface area contributed by atoms with Crippen molar-refractivity contribution >= 4 is 25.2 Å². The van der Waals surface area contributed by atoms with E-state index >= 15 is 0 Å². The molecule has 0 unspecified atom stereocenters. The Morgan fingerprint density at radius 3 is 2.00 bits per heavy atom. The van der Waals surface area contributed by atoms with E-state index in [1.165, 1.54) is 12.1 Å². The maximum absolute atomic E-state index is 12.9. The summed E-state index contributed by atoms with van der Waals surface area (Å²) in [4.78, 5) is 0. The standard InChI is InChI=1S/C6H7B2FO4/c9-5-3-1-2-4(7(10)11)6(5)8(12)13/h1-3,10-13H. The van der Waals surface area contributed by atoms with E-state index in [0.29, 0.717) is 0 Å². The van der Waals surface area contributed by atoms with E-state index in [-0.39, 0.29) is 5.46 Å². The number of halogens is 1. The SMILES string of the molecule is OB(O)c1cccc(F)c1B(O)O. The molecule has 4 nitrogen and oxygen atoms in total. The van der Waals surface area contributed by atoms with Crippen molar-refractivity contribution in [3.8, 4) is 0 Å². The lowest BCUT2D eigenvalue weighted by atomic mass is 9.65. The van der Waals surface area contributed by atoms with Crippen LogP contribution in [0.25, 0.3) is 0 Å². The van der Waals surface area contributed by atoms with Crippen LogP contribution in [0.2, 0.25) is 0 Å². The molecule has 0 spiro atoms. The third kappa shape index (κ3) is 2.07. The van der Waals surface area contributed by atoms with Crippen LogP contribution in [-0.2, 0) is 0 Å². The molecule has 0 radical (unpaired) electrons. The fraction of sp³-hybridized carbons (Fsp3) is 0. The number of hydrogen-bond donors (Lipinski definition) is 4. The Bertz CT molecular complexity index is 305. The van der Waals surface area contributed by atoms with E-state index in [1.807, 2.05) is 0 Å². The zero-order valence-electron chi connectivity index (χ0n) is 6.55. The van der Waals surface area contributed by atoms with Crippen molar-refractivity contribution in [1.82, 2.24) is 0 Å². The molecule has 0 aromatic heterocycles. The van der Waals surface area contributed by atoms with Gasteiger partial charge in [-0.05, 0) is 11.5 Å². The van der Waals surface area contributed by atoms with Gasteiger partial charge < -0.3 is 20.1 Å². The average Bonchev–Trinajstić information content (AvgIpc) is 2.02. The summed E-state index contributed by atoms with van der Waals surface area (Å²) in [5.74, 6) is -0.888. The van der Waals surface area contributed by atoms with Crippen molar-refractivity contribution in [1.29, 1.82) is 0 Å². The maximum Gasteiger partial charge on any atom is 0.491 e. The number of benzene rings is 1. The molecule has 1 aromatic rings. The van der Waals surface area contributed by atoms with E-state index in [4.69, 9.17) is 20.1 Å². The summed E-state index contributed by atoms with van der Waals surface area (Å²) in [5, 5.41) is 34.9. The second kappa shape index (κ2) is 3.89. The van der Waals surface area contributed by atoms with Crippen LogP contribution in [0.4, 0.5) is 4.39 Å². The minimum absolute atomic E-state index is 0.255. The molecule has 0 saturated carbocycles. The monoisotopic (exact) mass is 184 g/mol. The van der Waals surface area contributed by atoms with Gasteiger partial charge in [-0.2, -0.15) is 0 Å². The first-order chi connectivity index (χ1) is 6.04. The van der Waals surface area contributed by atoms with E-state index in [9.17, 15) is 4.39 Å². The fourth-order valence-electron chi connectivity index (χ4n) is 1.05. The molecule has 0 amide bonds. The van der Waals surface area contributed by atoms with Crippen molar-refractivity contribution in [2.45, 2.75) is 0 Å². The zero-order chi connectivity index (χ0) is 10.0. The minimum Gasteiger partial charge on any atom is -0.423 e. The molecule has 13 heavy (non-hydrogen) atoms. The van der Waals surface area contributed by atoms with Gasteiger partial charge in [-0.25, -0.2) is 4.39 Å². The van der Waals surface area contributed by atoms with Gasteiger partial charge >= 0.3 is 14.2 Å². The van der Waals surface area contributed by atoms with Crippen LogP contribution in [0.15, 0.2) is 18.2 Å². The molecule has 0 heterocycles. The predicted octanol–water partition coefficient (Wildman–Crippen LogP) is -2.81. The quantitative estimate of drug-likeness (QED) is 0.373. The number of rotatable bonds is 2. The zero-order valence-corrected chi connectivity index (χ0v) is 6.55. The lowest BCUT2D eigenvalue weighted by molar-refractivity contribution is 0.417. The van der Waals surface area contributed by atoms with E-state index in [0.717, 1.165) is 6.07 Å². The summed E-state index contributed by atoms with van der Waals surface area (Å²) in [5.41, 5.74) is -0.771. The lowest BCUT2D eigenvalue weighted by Gasteiger charge is -2.08. The van der Waals surface area contributed by atoms with Crippen molar-refractivity contribution in [2.75, 3.05) is 0 Å². The molecule has 1 aromatic carbocycles. The van der Waals surface area contributed by atoms with Gasteiger partial charge in [-0.3, -0.25) is 0 Å². The molecule has 0 aliphatic rings. The smallest absolute Gasteiger partial charge is 0.423 e. The summed E-state index contributed by atoms with van der Waals surface area (Å²) in [6.45, 7) is 0. The van der Waals surface area contributed by atoms with Crippen LogP contribution in [0.3, 0.4) is 0 Å². The molecule has 0 aliphatic heterocycles. The second-order valence-electron chi connectivity index (χ2n) is 2.49. The second-order valence-corrected chi connectivity index (χ2v) is 2.49. The maximum atomic E-state index is 12.9. The summed E-state index contributed by atoms with van der Waals surface area (Å²) in [7, 11) is -3.98. The Hall–Kier alpha value is -0.880. The van der Waals surface area contributed by atoms with Crippen LogP contribution >= 0.6 is 0 Å². The largest absolute Gasteiger partial charge is 0.491 e. The molecule has 0 aliphatic carbocycles. The normalized spacial score (nSPS) is 9.92. The Labute approximate surface area is 74.6 Å². The Kier molecular flexibility index (Phi) is 3.05. The predicted molar refractivity (Wildman–Crippen MR) is 46.1 cm³/mol. The van der Waals surface area contributed by atoms with Crippen molar-refractivity contribution in [3.05, 3.63) is 24.0 Å². The summed E-state index contributed by atoms with van der Waals surface area (Å²) in [6.07, 6.45) is 0. The molecular formula is C6H7B2FO4. The molecule has 7 heteroatoms. The molecule has 0 saturated heterocycles. The van der Waals surface area contributed by atoms with Gasteiger partial charge in [-0.1, -0.05) is 12.1 Å². The van der Waals surface area contributed by atoms with Crippen LogP contribution in [0.1, 0.15) is 0 Å². The minimum atomic E-state index is -2.06. The van der Waals surface area contributed by atoms with Gasteiger partial charge in [-0.15, -0.1) is 0 Å². The van der Waals surface area contributed by atoms with Crippen molar-refractivity contribution < 1.29 is 24.5 Å². The summed E-state index contributed by atoms with van der Waals surface area (Å²) in [6, 6.07) is 3.44. The Balaban J connectivity index is 3.26. The van der Waals surface area contributed by atoms with Crippen LogP contribution < -0.4 is 10.9 Å². The van der Waals surface area contributed by atoms with Gasteiger partial charge in [0.25, 0.3) is 0 Å². The first kappa shape index (κ1) is 10.2. The van der Waals surface area contributed by atoms with Gasteiger partial charge in [0.05, 0.1) is 0 Å². The average molecular weight is 184 g/mol. The molecule has 68 valence electrons. The molecule has 0 bridgehead atoms. The third-order valence-corrected chi connectivity index (χ3v) is 1.62. The fourth-order valence-corrected chi connectivity index (χ4v) is 1.05. The van der Waals surface area contributed by atoms with Crippen LogP contribution in [0.5, 0.6) is 0 Å². The van der Waals surface area contributed by atoms with E-state index in [1.54, 1.807) is 0 Å². The number of hydrogen-bond acceptors (Lipinski definition) is 4. The summed E-state index contributed by atoms with van der Waals surface area (Å²) >= 11 is 0. The topological polar surface area (TPSA) is 80.9 Å². The van der Waals surface area contributed by atoms with E-state index in [2.05, 4.69) is 0 Å².